The molecule has 2 aromatic rings. The Hall–Kier alpha value is -2.89. The van der Waals surface area contributed by atoms with Crippen molar-refractivity contribution in [2.75, 3.05) is 14.2 Å². The summed E-state index contributed by atoms with van der Waals surface area (Å²) in [5.41, 5.74) is 1.16. The zero-order valence-corrected chi connectivity index (χ0v) is 13.9. The molecule has 0 saturated heterocycles. The average Bonchev–Trinajstić information content (AvgIpc) is 2.60. The monoisotopic (exact) mass is 328 g/mol. The zero-order chi connectivity index (χ0) is 17.7. The number of methoxy groups -OCH3 is 1. The van der Waals surface area contributed by atoms with Crippen LogP contribution in [-0.2, 0) is 6.42 Å². The van der Waals surface area contributed by atoms with Crippen LogP contribution < -0.4 is 4.74 Å². The molecule has 0 radical (unpaired) electrons. The van der Waals surface area contributed by atoms with Crippen molar-refractivity contribution >= 4 is 11.9 Å². The molecule has 0 aliphatic heterocycles. The maximum Gasteiger partial charge on any atom is 0.335 e. The molecule has 1 aromatic carbocycles. The number of benzene rings is 1. The summed E-state index contributed by atoms with van der Waals surface area (Å²) in [6.07, 6.45) is 1.94. The van der Waals surface area contributed by atoms with Gasteiger partial charge in [0.1, 0.15) is 11.4 Å². The van der Waals surface area contributed by atoms with Gasteiger partial charge < -0.3 is 14.7 Å². The zero-order valence-electron chi connectivity index (χ0n) is 13.9. The third-order valence-electron chi connectivity index (χ3n) is 3.92. The van der Waals surface area contributed by atoms with Crippen molar-refractivity contribution in [2.24, 2.45) is 0 Å². The molecule has 0 spiro atoms. The molecule has 1 atom stereocenters. The third-order valence-corrected chi connectivity index (χ3v) is 3.92. The number of carboxylic acids is 1. The molecule has 0 aliphatic rings. The van der Waals surface area contributed by atoms with E-state index in [9.17, 15) is 9.59 Å². The van der Waals surface area contributed by atoms with E-state index in [1.807, 2.05) is 31.2 Å². The Morgan fingerprint density at radius 3 is 2.67 bits per heavy atom. The summed E-state index contributed by atoms with van der Waals surface area (Å²) in [6.45, 7) is 1.92. The fourth-order valence-corrected chi connectivity index (χ4v) is 2.39. The number of hydrogen-bond acceptors (Lipinski definition) is 4. The van der Waals surface area contributed by atoms with E-state index in [1.165, 1.54) is 18.3 Å². The fraction of sp³-hybridized carbons (Fsp3) is 0.278. The van der Waals surface area contributed by atoms with Crippen molar-refractivity contribution in [1.29, 1.82) is 0 Å². The SMILES string of the molecule is COc1ccccc1C[C@@H](C)N(C)C(=O)c1cc(C(=O)O)ccn1. The number of nitrogens with zero attached hydrogens (tertiary/aromatic N) is 2. The van der Waals surface area contributed by atoms with Crippen molar-refractivity contribution in [3.8, 4) is 5.75 Å². The van der Waals surface area contributed by atoms with Crippen LogP contribution in [0.25, 0.3) is 0 Å². The van der Waals surface area contributed by atoms with Crippen molar-refractivity contribution in [3.63, 3.8) is 0 Å². The van der Waals surface area contributed by atoms with E-state index in [-0.39, 0.29) is 23.2 Å². The molecule has 1 N–H and O–H groups in total. The number of carbonyl (C=O) groups excluding carboxylic acids is 1. The van der Waals surface area contributed by atoms with Gasteiger partial charge in [-0.15, -0.1) is 0 Å². The molecular formula is C18H20N2O4. The Bertz CT molecular complexity index is 745. The molecule has 0 unspecified atom stereocenters. The molecule has 1 aromatic heterocycles. The van der Waals surface area contributed by atoms with Crippen molar-refractivity contribution in [1.82, 2.24) is 9.88 Å². The predicted molar refractivity (Wildman–Crippen MR) is 89.4 cm³/mol. The van der Waals surface area contributed by atoms with Crippen LogP contribution in [0.4, 0.5) is 0 Å². The second-order valence-corrected chi connectivity index (χ2v) is 5.52. The van der Waals surface area contributed by atoms with E-state index < -0.39 is 5.97 Å². The van der Waals surface area contributed by atoms with E-state index in [2.05, 4.69) is 4.98 Å². The van der Waals surface area contributed by atoms with Gasteiger partial charge in [0, 0.05) is 19.3 Å². The summed E-state index contributed by atoms with van der Waals surface area (Å²) in [6, 6.07) is 10.2. The van der Waals surface area contributed by atoms with Crippen LogP contribution in [-0.4, -0.2) is 47.1 Å². The molecule has 0 aliphatic carbocycles. The molecular weight excluding hydrogens is 308 g/mol. The summed E-state index contributed by atoms with van der Waals surface area (Å²) in [5, 5.41) is 9.02. The molecule has 0 bridgehead atoms. The third kappa shape index (κ3) is 3.90. The quantitative estimate of drug-likeness (QED) is 0.881. The number of carboxylic acid groups (broad SMARTS) is 1. The van der Waals surface area contributed by atoms with Gasteiger partial charge in [0.25, 0.3) is 5.91 Å². The van der Waals surface area contributed by atoms with E-state index in [0.29, 0.717) is 6.42 Å². The summed E-state index contributed by atoms with van der Waals surface area (Å²) >= 11 is 0. The smallest absolute Gasteiger partial charge is 0.335 e. The molecule has 2 rings (SSSR count). The first-order valence-corrected chi connectivity index (χ1v) is 7.52. The number of amides is 1. The number of hydrogen-bond donors (Lipinski definition) is 1. The van der Waals surface area contributed by atoms with Gasteiger partial charge in [0.05, 0.1) is 12.7 Å². The molecule has 126 valence electrons. The van der Waals surface area contributed by atoms with Crippen LogP contribution in [0, 0.1) is 0 Å². The topological polar surface area (TPSA) is 79.7 Å². The maximum absolute atomic E-state index is 12.5. The minimum absolute atomic E-state index is 0.0409. The van der Waals surface area contributed by atoms with Crippen molar-refractivity contribution in [3.05, 3.63) is 59.4 Å². The number of aromatic carboxylic acids is 1. The lowest BCUT2D eigenvalue weighted by Gasteiger charge is -2.25. The Morgan fingerprint density at radius 1 is 1.29 bits per heavy atom. The summed E-state index contributed by atoms with van der Waals surface area (Å²) in [7, 11) is 3.29. The minimum Gasteiger partial charge on any atom is -0.496 e. The second-order valence-electron chi connectivity index (χ2n) is 5.52. The largest absolute Gasteiger partial charge is 0.496 e. The van der Waals surface area contributed by atoms with E-state index in [1.54, 1.807) is 19.1 Å². The first-order chi connectivity index (χ1) is 11.4. The molecule has 0 saturated carbocycles. The summed E-state index contributed by atoms with van der Waals surface area (Å²) < 4.78 is 5.33. The highest BCUT2D eigenvalue weighted by atomic mass is 16.5. The van der Waals surface area contributed by atoms with Crippen LogP contribution >= 0.6 is 0 Å². The normalized spacial score (nSPS) is 11.6. The van der Waals surface area contributed by atoms with Gasteiger partial charge in [0.2, 0.25) is 0 Å². The van der Waals surface area contributed by atoms with Gasteiger partial charge >= 0.3 is 5.97 Å². The number of para-hydroxylation sites is 1. The van der Waals surface area contributed by atoms with Crippen LogP contribution in [0.1, 0.15) is 33.3 Å². The molecule has 6 heteroatoms. The molecule has 0 fully saturated rings. The predicted octanol–water partition coefficient (Wildman–Crippen LogP) is 2.49. The number of likely N-dealkylation sites (N-methyl/N-ethyl adjacent to an activating group) is 1. The second kappa shape index (κ2) is 7.59. The lowest BCUT2D eigenvalue weighted by Crippen LogP contribution is -2.37. The maximum atomic E-state index is 12.5. The van der Waals surface area contributed by atoms with Crippen LogP contribution in [0.2, 0.25) is 0 Å². The number of ether oxygens (including phenoxy) is 1. The van der Waals surface area contributed by atoms with Crippen LogP contribution in [0.15, 0.2) is 42.6 Å². The number of aromatic nitrogens is 1. The van der Waals surface area contributed by atoms with E-state index >= 15 is 0 Å². The van der Waals surface area contributed by atoms with Gasteiger partial charge in [-0.3, -0.25) is 9.78 Å². The average molecular weight is 328 g/mol. The Balaban J connectivity index is 2.15. The van der Waals surface area contributed by atoms with Crippen molar-refractivity contribution < 1.29 is 19.4 Å². The first kappa shape index (κ1) is 17.5. The number of rotatable bonds is 6. The van der Waals surface area contributed by atoms with Crippen LogP contribution in [0.3, 0.4) is 0 Å². The first-order valence-electron chi connectivity index (χ1n) is 7.52. The van der Waals surface area contributed by atoms with Gasteiger partial charge in [-0.25, -0.2) is 4.79 Å². The lowest BCUT2D eigenvalue weighted by molar-refractivity contribution is 0.0696. The van der Waals surface area contributed by atoms with Gasteiger partial charge in [-0.2, -0.15) is 0 Å². The fourth-order valence-electron chi connectivity index (χ4n) is 2.39. The standard InChI is InChI=1S/C18H20N2O4/c1-12(10-13-6-4-5-7-16(13)24-3)20(2)17(21)15-11-14(18(22)23)8-9-19-15/h4-9,11-12H,10H2,1-3H3,(H,22,23)/t12-/m1/s1. The Labute approximate surface area is 140 Å². The lowest BCUT2D eigenvalue weighted by atomic mass is 10.0. The minimum atomic E-state index is -1.09. The number of carbonyl (C=O) groups is 2. The van der Waals surface area contributed by atoms with Gasteiger partial charge in [0.15, 0.2) is 0 Å². The Morgan fingerprint density at radius 2 is 2.00 bits per heavy atom. The molecule has 6 nitrogen and oxygen atoms in total. The highest BCUT2D eigenvalue weighted by molar-refractivity contribution is 5.95. The molecule has 24 heavy (non-hydrogen) atoms. The van der Waals surface area contributed by atoms with E-state index in [4.69, 9.17) is 9.84 Å². The highest BCUT2D eigenvalue weighted by Gasteiger charge is 2.21. The van der Waals surface area contributed by atoms with Gasteiger partial charge in [-0.1, -0.05) is 18.2 Å². The highest BCUT2D eigenvalue weighted by Crippen LogP contribution is 2.20. The molecule has 1 heterocycles. The van der Waals surface area contributed by atoms with Crippen molar-refractivity contribution in [2.45, 2.75) is 19.4 Å². The van der Waals surface area contributed by atoms with Gasteiger partial charge in [-0.05, 0) is 37.1 Å². The number of pyridine rings is 1. The summed E-state index contributed by atoms with van der Waals surface area (Å²) in [4.78, 5) is 29.1. The molecule has 1 amide bonds. The van der Waals surface area contributed by atoms with Crippen LogP contribution in [0.5, 0.6) is 5.75 Å². The summed E-state index contributed by atoms with van der Waals surface area (Å²) in [5.74, 6) is -0.632. The van der Waals surface area contributed by atoms with E-state index in [0.717, 1.165) is 11.3 Å². The Kier molecular flexibility index (Phi) is 5.52.